The molecule has 3 heteroatoms. The van der Waals surface area contributed by atoms with Crippen molar-refractivity contribution >= 4 is 17.2 Å². The minimum Gasteiger partial charge on any atom is -0.300 e. The first kappa shape index (κ1) is 11.7. The van der Waals surface area contributed by atoms with Crippen LogP contribution in [0.25, 0.3) is 5.70 Å². The topological polar surface area (TPSA) is 42.3 Å². The van der Waals surface area contributed by atoms with E-state index < -0.39 is 0 Å². The first-order chi connectivity index (χ1) is 8.16. The molecule has 0 saturated carbocycles. The summed E-state index contributed by atoms with van der Waals surface area (Å²) >= 11 is 0. The predicted molar refractivity (Wildman–Crippen MR) is 68.9 cm³/mol. The zero-order valence-electron chi connectivity index (χ0n) is 10.2. The first-order valence-electron chi connectivity index (χ1n) is 5.85. The molecule has 0 fully saturated rings. The van der Waals surface area contributed by atoms with Gasteiger partial charge < -0.3 is 0 Å². The highest BCUT2D eigenvalue weighted by molar-refractivity contribution is 6.01. The Morgan fingerprint density at radius 3 is 3.06 bits per heavy atom. The van der Waals surface area contributed by atoms with Crippen LogP contribution in [0.3, 0.4) is 0 Å². The molecule has 0 amide bonds. The smallest absolute Gasteiger partial charge is 0.135 e. The van der Waals surface area contributed by atoms with Gasteiger partial charge in [-0.1, -0.05) is 12.1 Å². The fourth-order valence-corrected chi connectivity index (χ4v) is 2.04. The molecule has 0 radical (unpaired) electrons. The van der Waals surface area contributed by atoms with Crippen LogP contribution >= 0.6 is 0 Å². The van der Waals surface area contributed by atoms with Crippen LogP contribution in [0.1, 0.15) is 37.9 Å². The molecule has 0 N–H and O–H groups in total. The van der Waals surface area contributed by atoms with Gasteiger partial charge in [-0.3, -0.25) is 14.8 Å². The van der Waals surface area contributed by atoms with Gasteiger partial charge in [-0.15, -0.1) is 0 Å². The molecule has 0 spiro atoms. The third-order valence-electron chi connectivity index (χ3n) is 2.70. The molecule has 1 aliphatic rings. The van der Waals surface area contributed by atoms with Gasteiger partial charge in [0, 0.05) is 18.3 Å². The quantitative estimate of drug-likeness (QED) is 0.746. The van der Waals surface area contributed by atoms with E-state index in [2.05, 4.69) is 22.1 Å². The summed E-state index contributed by atoms with van der Waals surface area (Å²) in [5, 5.41) is 0. The van der Waals surface area contributed by atoms with Crippen molar-refractivity contribution in [1.82, 2.24) is 4.98 Å². The first-order valence-corrected chi connectivity index (χ1v) is 5.85. The molecule has 1 aromatic rings. The molecular weight excluding hydrogens is 212 g/mol. The number of carbonyl (C=O) groups excluding carboxylic acids is 1. The SMILES string of the molecule is CC(=O)CC(C)=NC1=CCCc2cccnc21. The number of nitrogens with zero attached hydrogens (tertiary/aromatic N) is 2. The Labute approximate surface area is 101 Å². The van der Waals surface area contributed by atoms with Gasteiger partial charge in [-0.2, -0.15) is 0 Å². The monoisotopic (exact) mass is 228 g/mol. The van der Waals surface area contributed by atoms with Crippen molar-refractivity contribution < 1.29 is 4.79 Å². The highest BCUT2D eigenvalue weighted by Gasteiger charge is 2.12. The average Bonchev–Trinajstić information content (AvgIpc) is 2.28. The molecule has 1 heterocycles. The van der Waals surface area contributed by atoms with E-state index >= 15 is 0 Å². The predicted octanol–water partition coefficient (Wildman–Crippen LogP) is 2.81. The molecule has 1 aliphatic carbocycles. The number of pyridine rings is 1. The van der Waals surface area contributed by atoms with Crippen LogP contribution in [0.4, 0.5) is 0 Å². The molecule has 0 unspecified atom stereocenters. The Hall–Kier alpha value is -1.77. The van der Waals surface area contributed by atoms with E-state index in [-0.39, 0.29) is 5.78 Å². The lowest BCUT2D eigenvalue weighted by atomic mass is 10.00. The number of carbonyl (C=O) groups is 1. The van der Waals surface area contributed by atoms with E-state index in [0.717, 1.165) is 29.9 Å². The second-order valence-corrected chi connectivity index (χ2v) is 4.37. The summed E-state index contributed by atoms with van der Waals surface area (Å²) in [6.07, 6.45) is 6.31. The number of aryl methyl sites for hydroxylation is 1. The molecule has 17 heavy (non-hydrogen) atoms. The van der Waals surface area contributed by atoms with Gasteiger partial charge in [0.1, 0.15) is 5.78 Å². The van der Waals surface area contributed by atoms with Crippen molar-refractivity contribution in [1.29, 1.82) is 0 Å². The summed E-state index contributed by atoms with van der Waals surface area (Å²) in [7, 11) is 0. The van der Waals surface area contributed by atoms with Gasteiger partial charge in [-0.05, 0) is 38.3 Å². The Morgan fingerprint density at radius 2 is 2.29 bits per heavy atom. The molecule has 0 saturated heterocycles. The van der Waals surface area contributed by atoms with Gasteiger partial charge in [0.25, 0.3) is 0 Å². The summed E-state index contributed by atoms with van der Waals surface area (Å²) < 4.78 is 0. The number of Topliss-reactive ketones (excluding diaryl/α,β-unsaturated/α-hetero) is 1. The second kappa shape index (κ2) is 5.04. The maximum Gasteiger partial charge on any atom is 0.135 e. The Balaban J connectivity index is 2.28. The van der Waals surface area contributed by atoms with E-state index in [1.54, 1.807) is 13.1 Å². The largest absolute Gasteiger partial charge is 0.300 e. The van der Waals surface area contributed by atoms with Gasteiger partial charge in [0.05, 0.1) is 11.4 Å². The van der Waals surface area contributed by atoms with E-state index in [1.807, 2.05) is 13.0 Å². The van der Waals surface area contributed by atoms with Crippen LogP contribution in [0.15, 0.2) is 29.4 Å². The number of hydrogen-bond acceptors (Lipinski definition) is 3. The van der Waals surface area contributed by atoms with Crippen molar-refractivity contribution in [2.24, 2.45) is 4.99 Å². The fourth-order valence-electron chi connectivity index (χ4n) is 2.04. The second-order valence-electron chi connectivity index (χ2n) is 4.37. The Bertz CT molecular complexity index is 501. The van der Waals surface area contributed by atoms with Crippen LogP contribution in [-0.4, -0.2) is 16.5 Å². The third-order valence-corrected chi connectivity index (χ3v) is 2.70. The van der Waals surface area contributed by atoms with Crippen LogP contribution in [0, 0.1) is 0 Å². The highest BCUT2D eigenvalue weighted by atomic mass is 16.1. The van der Waals surface area contributed by atoms with Crippen LogP contribution in [0.5, 0.6) is 0 Å². The van der Waals surface area contributed by atoms with Crippen LogP contribution < -0.4 is 0 Å². The summed E-state index contributed by atoms with van der Waals surface area (Å²) in [6, 6.07) is 4.04. The van der Waals surface area contributed by atoms with Gasteiger partial charge in [0.15, 0.2) is 0 Å². The zero-order valence-corrected chi connectivity index (χ0v) is 10.2. The van der Waals surface area contributed by atoms with Crippen molar-refractivity contribution in [3.8, 4) is 0 Å². The number of fused-ring (bicyclic) bond motifs is 1. The number of hydrogen-bond donors (Lipinski definition) is 0. The standard InChI is InChI=1S/C14H16N2O/c1-10(9-11(2)17)16-13-7-3-5-12-6-4-8-15-14(12)13/h4,6-8H,3,5,9H2,1-2H3. The molecule has 1 aromatic heterocycles. The van der Waals surface area contributed by atoms with E-state index in [9.17, 15) is 4.79 Å². The summed E-state index contributed by atoms with van der Waals surface area (Å²) in [4.78, 5) is 19.9. The van der Waals surface area contributed by atoms with Crippen molar-refractivity contribution in [2.45, 2.75) is 33.1 Å². The lowest BCUT2D eigenvalue weighted by Crippen LogP contribution is -2.04. The molecule has 3 nitrogen and oxygen atoms in total. The van der Waals surface area contributed by atoms with Crippen molar-refractivity contribution in [3.63, 3.8) is 0 Å². The summed E-state index contributed by atoms with van der Waals surface area (Å²) in [5.41, 5.74) is 3.96. The summed E-state index contributed by atoms with van der Waals surface area (Å²) in [6.45, 7) is 3.47. The number of rotatable bonds is 3. The molecule has 2 rings (SSSR count). The molecule has 0 aliphatic heterocycles. The lowest BCUT2D eigenvalue weighted by Gasteiger charge is -2.13. The fraction of sp³-hybridized carbons (Fsp3) is 0.357. The minimum atomic E-state index is 0.143. The molecule has 0 aromatic carbocycles. The Kier molecular flexibility index (Phi) is 3.47. The number of aromatic nitrogens is 1. The zero-order chi connectivity index (χ0) is 12.3. The van der Waals surface area contributed by atoms with Crippen molar-refractivity contribution in [3.05, 3.63) is 35.7 Å². The van der Waals surface area contributed by atoms with Crippen LogP contribution in [0.2, 0.25) is 0 Å². The average molecular weight is 228 g/mol. The normalized spacial score (nSPS) is 15.2. The highest BCUT2D eigenvalue weighted by Crippen LogP contribution is 2.25. The van der Waals surface area contributed by atoms with Crippen molar-refractivity contribution in [2.75, 3.05) is 0 Å². The third kappa shape index (κ3) is 2.87. The molecule has 0 bridgehead atoms. The van der Waals surface area contributed by atoms with E-state index in [0.29, 0.717) is 6.42 Å². The van der Waals surface area contributed by atoms with Gasteiger partial charge >= 0.3 is 0 Å². The van der Waals surface area contributed by atoms with Crippen LogP contribution in [-0.2, 0) is 11.2 Å². The number of allylic oxidation sites excluding steroid dienone is 1. The maximum atomic E-state index is 11.0. The molecular formula is C14H16N2O. The number of ketones is 1. The number of aliphatic imine (C=N–C) groups is 1. The van der Waals surface area contributed by atoms with E-state index in [1.165, 1.54) is 5.56 Å². The maximum absolute atomic E-state index is 11.0. The van der Waals surface area contributed by atoms with Gasteiger partial charge in [-0.25, -0.2) is 0 Å². The van der Waals surface area contributed by atoms with Gasteiger partial charge in [0.2, 0.25) is 0 Å². The van der Waals surface area contributed by atoms with E-state index in [4.69, 9.17) is 0 Å². The molecule has 88 valence electrons. The minimum absolute atomic E-state index is 0.143. The lowest BCUT2D eigenvalue weighted by molar-refractivity contribution is -0.115. The molecule has 0 atom stereocenters. The Morgan fingerprint density at radius 1 is 1.47 bits per heavy atom. The summed E-state index contributed by atoms with van der Waals surface area (Å²) in [5.74, 6) is 0.143.